The molecule has 3 heterocycles. The Morgan fingerprint density at radius 2 is 1.79 bits per heavy atom. The van der Waals surface area contributed by atoms with Crippen LogP contribution >= 0.6 is 34.3 Å². The zero-order chi connectivity index (χ0) is 20.4. The van der Waals surface area contributed by atoms with E-state index in [0.29, 0.717) is 28.1 Å². The molecule has 0 atom stereocenters. The van der Waals surface area contributed by atoms with Crippen molar-refractivity contribution in [2.75, 3.05) is 18.4 Å². The van der Waals surface area contributed by atoms with Crippen LogP contribution in [0.3, 0.4) is 0 Å². The monoisotopic (exact) mass is 467 g/mol. The van der Waals surface area contributed by atoms with Crippen molar-refractivity contribution in [1.29, 1.82) is 0 Å². The Kier molecular flexibility index (Phi) is 6.03. The van der Waals surface area contributed by atoms with Crippen LogP contribution in [-0.4, -0.2) is 36.7 Å². The molecule has 6 nitrogen and oxygen atoms in total. The second-order valence-electron chi connectivity index (χ2n) is 6.58. The zero-order valence-electron chi connectivity index (χ0n) is 15.3. The molecule has 152 valence electrons. The number of carbonyl (C=O) groups excluding carboxylic acids is 1. The fourth-order valence-electron chi connectivity index (χ4n) is 3.10. The highest BCUT2D eigenvalue weighted by Crippen LogP contribution is 2.33. The van der Waals surface area contributed by atoms with E-state index in [1.165, 1.54) is 51.2 Å². The number of rotatable bonds is 5. The molecule has 10 heteroatoms. The van der Waals surface area contributed by atoms with Crippen molar-refractivity contribution in [3.63, 3.8) is 0 Å². The molecule has 1 aliphatic heterocycles. The van der Waals surface area contributed by atoms with Gasteiger partial charge in [-0.05, 0) is 49.2 Å². The number of hydrogen-bond donors (Lipinski definition) is 1. The summed E-state index contributed by atoms with van der Waals surface area (Å²) in [5.74, 6) is -0.336. The van der Waals surface area contributed by atoms with Gasteiger partial charge in [-0.15, -0.1) is 22.7 Å². The summed E-state index contributed by atoms with van der Waals surface area (Å²) in [6.45, 7) is 1.10. The fourth-order valence-corrected chi connectivity index (χ4v) is 6.40. The maximum absolute atomic E-state index is 12.7. The number of thiazole rings is 1. The average molecular weight is 468 g/mol. The quantitative estimate of drug-likeness (QED) is 0.575. The van der Waals surface area contributed by atoms with Crippen LogP contribution < -0.4 is 5.32 Å². The first-order chi connectivity index (χ1) is 13.9. The number of benzene rings is 1. The van der Waals surface area contributed by atoms with Crippen molar-refractivity contribution in [1.82, 2.24) is 9.29 Å². The largest absolute Gasteiger partial charge is 0.298 e. The Labute approximate surface area is 182 Å². The molecule has 0 saturated carbocycles. The lowest BCUT2D eigenvalue weighted by Gasteiger charge is -2.25. The number of nitrogens with zero attached hydrogens (tertiary/aromatic N) is 2. The minimum atomic E-state index is -3.51. The maximum Gasteiger partial charge on any atom is 0.257 e. The second-order valence-corrected chi connectivity index (χ2v) is 11.1. The molecule has 29 heavy (non-hydrogen) atoms. The summed E-state index contributed by atoms with van der Waals surface area (Å²) in [6, 6.07) is 9.72. The van der Waals surface area contributed by atoms with Crippen LogP contribution in [0.5, 0.6) is 0 Å². The summed E-state index contributed by atoms with van der Waals surface area (Å²) in [6.07, 6.45) is 2.82. The minimum Gasteiger partial charge on any atom is -0.298 e. The van der Waals surface area contributed by atoms with Crippen molar-refractivity contribution >= 4 is 55.3 Å². The Hall–Kier alpha value is -1.78. The summed E-state index contributed by atoms with van der Waals surface area (Å²) in [7, 11) is -3.51. The van der Waals surface area contributed by atoms with Gasteiger partial charge < -0.3 is 0 Å². The topological polar surface area (TPSA) is 79.4 Å². The molecular weight excluding hydrogens is 450 g/mol. The van der Waals surface area contributed by atoms with Gasteiger partial charge >= 0.3 is 0 Å². The van der Waals surface area contributed by atoms with E-state index in [1.807, 2.05) is 11.4 Å². The molecule has 1 amide bonds. The standard InChI is InChI=1S/C19H18ClN3O3S3/c20-17-9-8-16(28-17)15-12-27-19(21-15)22-18(24)13-4-6-14(7-5-13)29(25,26)23-10-2-1-3-11-23/h4-9,12H,1-3,10-11H2,(H,21,22,24). The van der Waals surface area contributed by atoms with Crippen LogP contribution in [-0.2, 0) is 10.0 Å². The second kappa shape index (κ2) is 8.53. The Morgan fingerprint density at radius 3 is 2.45 bits per heavy atom. The summed E-state index contributed by atoms with van der Waals surface area (Å²) in [5.41, 5.74) is 1.13. The number of thiophene rings is 1. The Balaban J connectivity index is 1.45. The first-order valence-corrected chi connectivity index (χ1v) is 12.6. The highest BCUT2D eigenvalue weighted by molar-refractivity contribution is 7.89. The lowest BCUT2D eigenvalue weighted by atomic mass is 10.2. The normalized spacial score (nSPS) is 15.3. The van der Waals surface area contributed by atoms with E-state index in [0.717, 1.165) is 29.8 Å². The number of anilines is 1. The molecule has 0 unspecified atom stereocenters. The number of carbonyl (C=O) groups is 1. The van der Waals surface area contributed by atoms with Gasteiger partial charge in [0.2, 0.25) is 10.0 Å². The van der Waals surface area contributed by atoms with Crippen LogP contribution in [0.15, 0.2) is 46.7 Å². The molecule has 0 spiro atoms. The van der Waals surface area contributed by atoms with Gasteiger partial charge in [-0.2, -0.15) is 4.31 Å². The van der Waals surface area contributed by atoms with Crippen molar-refractivity contribution < 1.29 is 13.2 Å². The lowest BCUT2D eigenvalue weighted by Crippen LogP contribution is -2.35. The third-order valence-corrected chi connectivity index (χ3v) is 8.54. The molecule has 1 fully saturated rings. The summed E-state index contributed by atoms with van der Waals surface area (Å²) in [4.78, 5) is 18.1. The molecular formula is C19H18ClN3O3S3. The van der Waals surface area contributed by atoms with Gasteiger partial charge in [-0.3, -0.25) is 10.1 Å². The van der Waals surface area contributed by atoms with Crippen LogP contribution in [0, 0.1) is 0 Å². The SMILES string of the molecule is O=C(Nc1nc(-c2ccc(Cl)s2)cs1)c1ccc(S(=O)(=O)N2CCCCC2)cc1. The number of nitrogens with one attached hydrogen (secondary N) is 1. The molecule has 3 aromatic rings. The van der Waals surface area contributed by atoms with E-state index in [1.54, 1.807) is 6.07 Å². The molecule has 1 N–H and O–H groups in total. The number of aromatic nitrogens is 1. The smallest absolute Gasteiger partial charge is 0.257 e. The van der Waals surface area contributed by atoms with Gasteiger partial charge in [-0.1, -0.05) is 18.0 Å². The highest BCUT2D eigenvalue weighted by Gasteiger charge is 2.26. The highest BCUT2D eigenvalue weighted by atomic mass is 35.5. The van der Waals surface area contributed by atoms with E-state index >= 15 is 0 Å². The molecule has 1 saturated heterocycles. The number of sulfonamides is 1. The van der Waals surface area contributed by atoms with Crippen LogP contribution in [0.1, 0.15) is 29.6 Å². The Bertz CT molecular complexity index is 1120. The fraction of sp³-hybridized carbons (Fsp3) is 0.263. The van der Waals surface area contributed by atoms with E-state index < -0.39 is 10.0 Å². The van der Waals surface area contributed by atoms with Crippen molar-refractivity contribution in [2.45, 2.75) is 24.2 Å². The Morgan fingerprint density at radius 1 is 1.07 bits per heavy atom. The van der Waals surface area contributed by atoms with Crippen LogP contribution in [0.4, 0.5) is 5.13 Å². The van der Waals surface area contributed by atoms with Gasteiger partial charge in [0.1, 0.15) is 0 Å². The maximum atomic E-state index is 12.7. The van der Waals surface area contributed by atoms with E-state index in [4.69, 9.17) is 11.6 Å². The van der Waals surface area contributed by atoms with E-state index in [-0.39, 0.29) is 10.8 Å². The van der Waals surface area contributed by atoms with E-state index in [9.17, 15) is 13.2 Å². The molecule has 0 radical (unpaired) electrons. The predicted octanol–water partition coefficient (Wildman–Crippen LogP) is 4.95. The van der Waals surface area contributed by atoms with Crippen LogP contribution in [0.25, 0.3) is 10.6 Å². The number of piperidine rings is 1. The summed E-state index contributed by atoms with van der Waals surface area (Å²) in [5, 5.41) is 5.08. The molecule has 4 rings (SSSR count). The van der Waals surface area contributed by atoms with Crippen molar-refractivity contribution in [2.24, 2.45) is 0 Å². The zero-order valence-corrected chi connectivity index (χ0v) is 18.5. The number of hydrogen-bond acceptors (Lipinski definition) is 6. The van der Waals surface area contributed by atoms with Crippen molar-refractivity contribution in [3.05, 3.63) is 51.7 Å². The van der Waals surface area contributed by atoms with Gasteiger partial charge in [0.25, 0.3) is 5.91 Å². The number of halogens is 1. The van der Waals surface area contributed by atoms with Gasteiger partial charge in [0.15, 0.2) is 5.13 Å². The summed E-state index contributed by atoms with van der Waals surface area (Å²) < 4.78 is 27.6. The molecule has 1 aliphatic rings. The average Bonchev–Trinajstić information content (AvgIpc) is 3.37. The molecule has 0 aliphatic carbocycles. The predicted molar refractivity (Wildman–Crippen MR) is 117 cm³/mol. The lowest BCUT2D eigenvalue weighted by molar-refractivity contribution is 0.102. The molecule has 2 aromatic heterocycles. The van der Waals surface area contributed by atoms with Crippen molar-refractivity contribution in [3.8, 4) is 10.6 Å². The first-order valence-electron chi connectivity index (χ1n) is 9.06. The first kappa shape index (κ1) is 20.5. The number of amides is 1. The minimum absolute atomic E-state index is 0.210. The summed E-state index contributed by atoms with van der Waals surface area (Å²) >= 11 is 8.70. The molecule has 0 bridgehead atoms. The molecule has 1 aromatic carbocycles. The van der Waals surface area contributed by atoms with Gasteiger partial charge in [0, 0.05) is 24.0 Å². The van der Waals surface area contributed by atoms with Gasteiger partial charge in [-0.25, -0.2) is 13.4 Å². The third kappa shape index (κ3) is 4.54. The van der Waals surface area contributed by atoms with E-state index in [2.05, 4.69) is 10.3 Å². The third-order valence-electron chi connectivity index (χ3n) is 4.62. The van der Waals surface area contributed by atoms with Crippen LogP contribution in [0.2, 0.25) is 4.34 Å². The van der Waals surface area contributed by atoms with Gasteiger partial charge in [0.05, 0.1) is 19.8 Å².